The predicted molar refractivity (Wildman–Crippen MR) is 83.1 cm³/mol. The van der Waals surface area contributed by atoms with Gasteiger partial charge in [0.2, 0.25) is 0 Å². The Morgan fingerprint density at radius 2 is 1.75 bits per heavy atom. The number of hydrogen-bond acceptors (Lipinski definition) is 3. The second kappa shape index (κ2) is 4.75. The number of aromatic nitrogens is 2. The van der Waals surface area contributed by atoms with Gasteiger partial charge in [-0.25, -0.2) is 4.98 Å². The Morgan fingerprint density at radius 3 is 2.65 bits per heavy atom. The summed E-state index contributed by atoms with van der Waals surface area (Å²) < 4.78 is 0. The molecule has 1 aliphatic rings. The smallest absolute Gasteiger partial charge is 0.147 e. The molecule has 1 aliphatic heterocycles. The fourth-order valence-electron chi connectivity index (χ4n) is 3.02. The van der Waals surface area contributed by atoms with Gasteiger partial charge in [-0.2, -0.15) is 0 Å². The third-order valence-electron chi connectivity index (χ3n) is 4.10. The summed E-state index contributed by atoms with van der Waals surface area (Å²) in [5.41, 5.74) is 2.00. The minimum atomic E-state index is 0.992. The molecule has 100 valence electrons. The average molecular weight is 263 g/mol. The number of piperidine rings is 1. The van der Waals surface area contributed by atoms with Crippen molar-refractivity contribution in [3.05, 3.63) is 42.6 Å². The minimum Gasteiger partial charge on any atom is -0.355 e. The molecular formula is C17H17N3. The number of anilines is 1. The zero-order valence-corrected chi connectivity index (χ0v) is 11.4. The largest absolute Gasteiger partial charge is 0.355 e. The van der Waals surface area contributed by atoms with Gasteiger partial charge in [0.15, 0.2) is 0 Å². The van der Waals surface area contributed by atoms with Crippen LogP contribution in [0.4, 0.5) is 5.82 Å². The predicted octanol–water partition coefficient (Wildman–Crippen LogP) is 3.77. The van der Waals surface area contributed by atoms with Crippen LogP contribution < -0.4 is 4.90 Å². The molecule has 0 saturated carbocycles. The van der Waals surface area contributed by atoms with E-state index >= 15 is 0 Å². The van der Waals surface area contributed by atoms with E-state index in [0.29, 0.717) is 0 Å². The molecule has 3 nitrogen and oxygen atoms in total. The van der Waals surface area contributed by atoms with Crippen LogP contribution in [0.1, 0.15) is 19.3 Å². The number of nitrogens with zero attached hydrogens (tertiary/aromatic N) is 3. The molecule has 0 atom stereocenters. The molecule has 2 aromatic carbocycles. The van der Waals surface area contributed by atoms with Gasteiger partial charge in [-0.15, -0.1) is 0 Å². The van der Waals surface area contributed by atoms with E-state index in [4.69, 9.17) is 4.98 Å². The quantitative estimate of drug-likeness (QED) is 0.626. The number of benzene rings is 2. The number of hydrogen-bond donors (Lipinski definition) is 0. The highest BCUT2D eigenvalue weighted by Crippen LogP contribution is 2.25. The van der Waals surface area contributed by atoms with Crippen LogP contribution >= 0.6 is 0 Å². The first-order valence-electron chi connectivity index (χ1n) is 7.31. The molecule has 3 aromatic rings. The Balaban J connectivity index is 1.85. The Morgan fingerprint density at radius 1 is 0.900 bits per heavy atom. The van der Waals surface area contributed by atoms with Crippen molar-refractivity contribution >= 4 is 27.6 Å². The van der Waals surface area contributed by atoms with Crippen molar-refractivity contribution in [1.82, 2.24) is 9.97 Å². The standard InChI is InChI=1S/C17H17N3/c1-4-10-20(11-5-1)16-12-18-17-14-7-3-2-6-13(14)8-9-15(17)19-16/h2-3,6-9,12H,1,4-5,10-11H2. The number of fused-ring (bicyclic) bond motifs is 3. The lowest BCUT2D eigenvalue weighted by Crippen LogP contribution is -2.30. The highest BCUT2D eigenvalue weighted by molar-refractivity contribution is 6.03. The van der Waals surface area contributed by atoms with Crippen molar-refractivity contribution in [2.75, 3.05) is 18.0 Å². The van der Waals surface area contributed by atoms with Crippen molar-refractivity contribution in [2.45, 2.75) is 19.3 Å². The third-order valence-corrected chi connectivity index (χ3v) is 4.10. The van der Waals surface area contributed by atoms with Gasteiger partial charge in [0.1, 0.15) is 5.82 Å². The lowest BCUT2D eigenvalue weighted by Gasteiger charge is -2.27. The van der Waals surface area contributed by atoms with Crippen LogP contribution in [0.5, 0.6) is 0 Å². The Hall–Kier alpha value is -2.16. The van der Waals surface area contributed by atoms with Crippen molar-refractivity contribution < 1.29 is 0 Å². The van der Waals surface area contributed by atoms with Gasteiger partial charge in [-0.3, -0.25) is 4.98 Å². The summed E-state index contributed by atoms with van der Waals surface area (Å²) in [4.78, 5) is 11.8. The van der Waals surface area contributed by atoms with Crippen LogP contribution in [0.2, 0.25) is 0 Å². The van der Waals surface area contributed by atoms with E-state index in [0.717, 1.165) is 29.9 Å². The van der Waals surface area contributed by atoms with Crippen molar-refractivity contribution in [1.29, 1.82) is 0 Å². The Labute approximate surface area is 118 Å². The fourth-order valence-corrected chi connectivity index (χ4v) is 3.02. The van der Waals surface area contributed by atoms with E-state index in [1.807, 2.05) is 6.20 Å². The summed E-state index contributed by atoms with van der Waals surface area (Å²) in [6.45, 7) is 2.21. The Kier molecular flexibility index (Phi) is 2.76. The van der Waals surface area contributed by atoms with Gasteiger partial charge in [-0.05, 0) is 30.7 Å². The molecule has 1 saturated heterocycles. The summed E-state index contributed by atoms with van der Waals surface area (Å²) in [5, 5.41) is 2.41. The maximum atomic E-state index is 4.81. The first-order chi connectivity index (χ1) is 9.92. The Bertz CT molecular complexity index is 760. The van der Waals surface area contributed by atoms with Gasteiger partial charge in [0.25, 0.3) is 0 Å². The van der Waals surface area contributed by atoms with Crippen molar-refractivity contribution in [3.8, 4) is 0 Å². The van der Waals surface area contributed by atoms with E-state index < -0.39 is 0 Å². The van der Waals surface area contributed by atoms with Gasteiger partial charge >= 0.3 is 0 Å². The lowest BCUT2D eigenvalue weighted by molar-refractivity contribution is 0.573. The van der Waals surface area contributed by atoms with Crippen molar-refractivity contribution in [2.24, 2.45) is 0 Å². The monoisotopic (exact) mass is 263 g/mol. The fraction of sp³-hybridized carbons (Fsp3) is 0.294. The SMILES string of the molecule is c1ccc2c(c1)ccc1nc(N3CCCCC3)cnc12. The molecule has 2 heterocycles. The molecule has 20 heavy (non-hydrogen) atoms. The third kappa shape index (κ3) is 1.90. The summed E-state index contributed by atoms with van der Waals surface area (Å²) in [5.74, 6) is 1.02. The van der Waals surface area contributed by atoms with Crippen LogP contribution in [0.25, 0.3) is 21.8 Å². The van der Waals surface area contributed by atoms with E-state index in [9.17, 15) is 0 Å². The van der Waals surface area contributed by atoms with Crippen LogP contribution in [0, 0.1) is 0 Å². The van der Waals surface area contributed by atoms with Gasteiger partial charge in [0, 0.05) is 18.5 Å². The molecule has 0 bridgehead atoms. The summed E-state index contributed by atoms with van der Waals surface area (Å²) >= 11 is 0. The maximum Gasteiger partial charge on any atom is 0.147 e. The van der Waals surface area contributed by atoms with E-state index in [1.54, 1.807) is 0 Å². The molecular weight excluding hydrogens is 246 g/mol. The van der Waals surface area contributed by atoms with Gasteiger partial charge in [0.05, 0.1) is 17.2 Å². The van der Waals surface area contributed by atoms with Crippen LogP contribution in [0.15, 0.2) is 42.6 Å². The zero-order valence-electron chi connectivity index (χ0n) is 11.4. The molecule has 0 N–H and O–H groups in total. The highest BCUT2D eigenvalue weighted by Gasteiger charge is 2.13. The molecule has 0 aliphatic carbocycles. The molecule has 1 fully saturated rings. The van der Waals surface area contributed by atoms with Crippen LogP contribution in [-0.4, -0.2) is 23.1 Å². The minimum absolute atomic E-state index is 0.992. The number of rotatable bonds is 1. The zero-order chi connectivity index (χ0) is 13.4. The maximum absolute atomic E-state index is 4.81. The summed E-state index contributed by atoms with van der Waals surface area (Å²) in [6.07, 6.45) is 5.79. The second-order valence-corrected chi connectivity index (χ2v) is 5.43. The first kappa shape index (κ1) is 11.6. The highest BCUT2D eigenvalue weighted by atomic mass is 15.2. The molecule has 0 amide bonds. The van der Waals surface area contributed by atoms with E-state index in [-0.39, 0.29) is 0 Å². The van der Waals surface area contributed by atoms with Gasteiger partial charge in [-0.1, -0.05) is 30.3 Å². The molecule has 4 rings (SSSR count). The second-order valence-electron chi connectivity index (χ2n) is 5.43. The van der Waals surface area contributed by atoms with Crippen LogP contribution in [-0.2, 0) is 0 Å². The first-order valence-corrected chi connectivity index (χ1v) is 7.31. The summed E-state index contributed by atoms with van der Waals surface area (Å²) in [7, 11) is 0. The topological polar surface area (TPSA) is 29.0 Å². The van der Waals surface area contributed by atoms with E-state index in [2.05, 4.69) is 46.3 Å². The molecule has 1 aromatic heterocycles. The molecule has 3 heteroatoms. The summed E-state index contributed by atoms with van der Waals surface area (Å²) in [6, 6.07) is 12.6. The van der Waals surface area contributed by atoms with E-state index in [1.165, 1.54) is 30.0 Å². The lowest BCUT2D eigenvalue weighted by atomic mass is 10.1. The normalized spacial score (nSPS) is 15.9. The van der Waals surface area contributed by atoms with Crippen LogP contribution in [0.3, 0.4) is 0 Å². The molecule has 0 spiro atoms. The molecule has 0 radical (unpaired) electrons. The van der Waals surface area contributed by atoms with Gasteiger partial charge < -0.3 is 4.90 Å². The average Bonchev–Trinajstić information content (AvgIpc) is 2.55. The molecule has 0 unspecified atom stereocenters. The van der Waals surface area contributed by atoms with Crippen molar-refractivity contribution in [3.63, 3.8) is 0 Å².